The largest absolute Gasteiger partial charge is 0.348 e. The molecule has 2 N–H and O–H groups in total. The van der Waals surface area contributed by atoms with Crippen molar-refractivity contribution in [1.29, 1.82) is 0 Å². The van der Waals surface area contributed by atoms with Crippen LogP contribution in [0.2, 0.25) is 0 Å². The number of aromatic amines is 1. The van der Waals surface area contributed by atoms with E-state index < -0.39 is 16.9 Å². The molecule has 0 unspecified atom stereocenters. The summed E-state index contributed by atoms with van der Waals surface area (Å²) in [7, 11) is 0. The molecule has 1 saturated carbocycles. The highest BCUT2D eigenvalue weighted by molar-refractivity contribution is 5.94. The van der Waals surface area contributed by atoms with E-state index in [0.717, 1.165) is 35.9 Å². The van der Waals surface area contributed by atoms with Crippen molar-refractivity contribution in [3.8, 4) is 16.8 Å². The molecule has 0 bridgehead atoms. The first-order valence-electron chi connectivity index (χ1n) is 11.6. The number of para-hydroxylation sites is 1. The van der Waals surface area contributed by atoms with Gasteiger partial charge in [-0.05, 0) is 61.2 Å². The van der Waals surface area contributed by atoms with Crippen LogP contribution in [0.1, 0.15) is 25.1 Å². The van der Waals surface area contributed by atoms with Gasteiger partial charge in [-0.1, -0.05) is 24.3 Å². The number of aromatic nitrogens is 4. The van der Waals surface area contributed by atoms with Gasteiger partial charge in [0.15, 0.2) is 0 Å². The van der Waals surface area contributed by atoms with E-state index in [0.29, 0.717) is 30.8 Å². The van der Waals surface area contributed by atoms with Crippen LogP contribution in [0.4, 0.5) is 4.39 Å². The molecule has 1 atom stereocenters. The summed E-state index contributed by atoms with van der Waals surface area (Å²) in [6, 6.07) is 14.4. The van der Waals surface area contributed by atoms with E-state index in [1.54, 1.807) is 18.3 Å². The van der Waals surface area contributed by atoms with Crippen molar-refractivity contribution in [2.45, 2.75) is 25.7 Å². The third-order valence-corrected chi connectivity index (χ3v) is 7.10. The summed E-state index contributed by atoms with van der Waals surface area (Å²) in [6.45, 7) is 1.30. The Morgan fingerprint density at radius 1 is 1.18 bits per heavy atom. The molecule has 2 aromatic heterocycles. The lowest BCUT2D eigenvalue weighted by Gasteiger charge is -2.26. The zero-order valence-corrected chi connectivity index (χ0v) is 18.6. The van der Waals surface area contributed by atoms with Crippen molar-refractivity contribution in [2.75, 3.05) is 13.1 Å². The minimum Gasteiger partial charge on any atom is -0.316 e. The second-order valence-electron chi connectivity index (χ2n) is 9.34. The summed E-state index contributed by atoms with van der Waals surface area (Å²) in [5.41, 5.74) is 1.39. The summed E-state index contributed by atoms with van der Waals surface area (Å²) < 4.78 is 16.7. The molecule has 0 spiro atoms. The minimum atomic E-state index is -0.600. The first kappa shape index (κ1) is 20.9. The summed E-state index contributed by atoms with van der Waals surface area (Å²) in [4.78, 5) is 30.2. The van der Waals surface area contributed by atoms with Crippen molar-refractivity contribution < 1.29 is 9.18 Å². The highest BCUT2D eigenvalue weighted by Gasteiger charge is 2.48. The smallest absolute Gasteiger partial charge is 0.316 e. The van der Waals surface area contributed by atoms with Gasteiger partial charge in [0, 0.05) is 35.9 Å². The minimum absolute atomic E-state index is 0.102. The summed E-state index contributed by atoms with van der Waals surface area (Å²) in [5, 5.41) is 10.9. The van der Waals surface area contributed by atoms with Gasteiger partial charge in [-0.15, -0.1) is 0 Å². The normalized spacial score (nSPS) is 20.1. The molecule has 1 saturated heterocycles. The maximum absolute atomic E-state index is 15.5. The second-order valence-corrected chi connectivity index (χ2v) is 9.34. The molecule has 1 aliphatic carbocycles. The van der Waals surface area contributed by atoms with E-state index >= 15 is 4.39 Å². The molecule has 6 rings (SSSR count). The van der Waals surface area contributed by atoms with Crippen LogP contribution in [0.3, 0.4) is 0 Å². The molecule has 7 nitrogen and oxygen atoms in total. The Balaban J connectivity index is 1.39. The maximum atomic E-state index is 15.5. The van der Waals surface area contributed by atoms with Gasteiger partial charge in [-0.25, -0.2) is 18.9 Å². The number of hydrogen-bond acceptors (Lipinski definition) is 5. The number of hydrogen-bond donors (Lipinski definition) is 2. The third-order valence-electron chi connectivity index (χ3n) is 7.10. The Labute approximate surface area is 195 Å². The van der Waals surface area contributed by atoms with Crippen molar-refractivity contribution in [1.82, 2.24) is 25.1 Å². The number of carbonyl (C=O) groups excluding carboxylic acids is 1. The Bertz CT molecular complexity index is 1460. The number of rotatable bonds is 6. The average molecular weight is 458 g/mol. The Morgan fingerprint density at radius 2 is 2.03 bits per heavy atom. The van der Waals surface area contributed by atoms with Gasteiger partial charge in [0.25, 0.3) is 0 Å². The molecule has 2 fully saturated rings. The van der Waals surface area contributed by atoms with Crippen molar-refractivity contribution >= 4 is 16.7 Å². The zero-order valence-electron chi connectivity index (χ0n) is 18.6. The fourth-order valence-corrected chi connectivity index (χ4v) is 5.17. The summed E-state index contributed by atoms with van der Waals surface area (Å²) >= 11 is 0. The molecular weight excluding hydrogens is 433 g/mol. The van der Waals surface area contributed by atoms with Crippen LogP contribution >= 0.6 is 0 Å². The molecule has 2 aromatic carbocycles. The molecule has 2 aliphatic rings. The van der Waals surface area contributed by atoms with Gasteiger partial charge >= 0.3 is 5.69 Å². The van der Waals surface area contributed by atoms with Crippen LogP contribution in [0, 0.1) is 17.2 Å². The predicted molar refractivity (Wildman–Crippen MR) is 126 cm³/mol. The van der Waals surface area contributed by atoms with Gasteiger partial charge in [0.2, 0.25) is 0 Å². The fourth-order valence-electron chi connectivity index (χ4n) is 5.17. The van der Waals surface area contributed by atoms with E-state index in [-0.39, 0.29) is 17.4 Å². The van der Waals surface area contributed by atoms with Crippen LogP contribution in [-0.4, -0.2) is 38.6 Å². The number of nitrogens with zero attached hydrogens (tertiary/aromatic N) is 3. The van der Waals surface area contributed by atoms with Crippen LogP contribution in [0.25, 0.3) is 27.7 Å². The van der Waals surface area contributed by atoms with Gasteiger partial charge in [-0.3, -0.25) is 9.78 Å². The SMILES string of the molecule is O=C(C1CC1)[C@]1(Cc2n[nH]c(=O)n2-c2ccc(-c3ccnc4ccccc34)cc2F)CCNC1. The van der Waals surface area contributed by atoms with Crippen LogP contribution in [-0.2, 0) is 11.2 Å². The number of pyridine rings is 1. The number of benzene rings is 2. The summed E-state index contributed by atoms with van der Waals surface area (Å²) in [6.07, 6.45) is 4.54. The van der Waals surface area contributed by atoms with E-state index in [1.165, 1.54) is 10.6 Å². The number of Topliss-reactive ketones (excluding diaryl/α,β-unsaturated/α-hetero) is 1. The molecule has 4 aromatic rings. The highest BCUT2D eigenvalue weighted by atomic mass is 19.1. The van der Waals surface area contributed by atoms with Gasteiger partial charge < -0.3 is 5.32 Å². The fraction of sp³-hybridized carbons (Fsp3) is 0.308. The highest BCUT2D eigenvalue weighted by Crippen LogP contribution is 2.42. The number of fused-ring (bicyclic) bond motifs is 1. The second kappa shape index (κ2) is 7.99. The lowest BCUT2D eigenvalue weighted by atomic mass is 9.77. The van der Waals surface area contributed by atoms with Crippen LogP contribution in [0.5, 0.6) is 0 Å². The van der Waals surface area contributed by atoms with Crippen molar-refractivity contribution in [2.24, 2.45) is 11.3 Å². The predicted octanol–water partition coefficient (Wildman–Crippen LogP) is 3.42. The van der Waals surface area contributed by atoms with E-state index in [4.69, 9.17) is 0 Å². The first-order chi connectivity index (χ1) is 16.6. The molecule has 1 aliphatic heterocycles. The quantitative estimate of drug-likeness (QED) is 0.463. The zero-order chi connectivity index (χ0) is 23.3. The van der Waals surface area contributed by atoms with E-state index in [1.807, 2.05) is 30.3 Å². The molecule has 0 radical (unpaired) electrons. The Kier molecular flexibility index (Phi) is 4.91. The molecule has 3 heterocycles. The lowest BCUT2D eigenvalue weighted by molar-refractivity contribution is -0.129. The lowest BCUT2D eigenvalue weighted by Crippen LogP contribution is -2.38. The number of carbonyl (C=O) groups is 1. The van der Waals surface area contributed by atoms with Crippen molar-refractivity contribution in [3.05, 3.63) is 76.9 Å². The summed E-state index contributed by atoms with van der Waals surface area (Å²) in [5.74, 6) is 0.184. The van der Waals surface area contributed by atoms with Gasteiger partial charge in [-0.2, -0.15) is 5.10 Å². The molecule has 172 valence electrons. The maximum Gasteiger partial charge on any atom is 0.348 e. The Morgan fingerprint density at radius 3 is 2.79 bits per heavy atom. The Hall–Kier alpha value is -3.65. The average Bonchev–Trinajstić information content (AvgIpc) is 3.50. The van der Waals surface area contributed by atoms with Crippen LogP contribution < -0.4 is 11.0 Å². The molecular formula is C26H24FN5O2. The van der Waals surface area contributed by atoms with Crippen molar-refractivity contribution in [3.63, 3.8) is 0 Å². The van der Waals surface area contributed by atoms with E-state index in [2.05, 4.69) is 20.5 Å². The standard InChI is InChI=1S/C26H24FN5O2/c27-20-13-17(18-9-11-29-21-4-2-1-3-19(18)21)7-8-22(20)32-23(30-31-25(32)34)14-26(10-12-28-15-26)24(33)16-5-6-16/h1-4,7-9,11,13,16,28H,5-6,10,12,14-15H2,(H,31,34)/t26-/m0/s1. The topological polar surface area (TPSA) is 92.7 Å². The first-order valence-corrected chi connectivity index (χ1v) is 11.6. The monoisotopic (exact) mass is 457 g/mol. The van der Waals surface area contributed by atoms with Crippen LogP contribution in [0.15, 0.2) is 59.5 Å². The molecule has 0 amide bonds. The number of halogens is 1. The number of nitrogens with one attached hydrogen (secondary N) is 2. The van der Waals surface area contributed by atoms with Gasteiger partial charge in [0.05, 0.1) is 11.2 Å². The van der Waals surface area contributed by atoms with E-state index in [9.17, 15) is 9.59 Å². The number of ketones is 1. The van der Waals surface area contributed by atoms with Gasteiger partial charge in [0.1, 0.15) is 17.4 Å². The molecule has 8 heteroatoms. The number of H-pyrrole nitrogens is 1. The molecule has 34 heavy (non-hydrogen) atoms. The third kappa shape index (κ3) is 3.45.